The number of rotatable bonds is 2. The fraction of sp³-hybridized carbons (Fsp3) is 0.364. The van der Waals surface area contributed by atoms with Gasteiger partial charge >= 0.3 is 6.18 Å². The first-order valence-corrected chi connectivity index (χ1v) is 5.69. The van der Waals surface area contributed by atoms with Gasteiger partial charge in [0, 0.05) is 18.1 Å². The third kappa shape index (κ3) is 3.21. The van der Waals surface area contributed by atoms with Gasteiger partial charge in [-0.1, -0.05) is 0 Å². The molecule has 1 aromatic carbocycles. The average Bonchev–Trinajstić information content (AvgIpc) is 2.26. The van der Waals surface area contributed by atoms with Crippen LogP contribution in [0.15, 0.2) is 22.7 Å². The average molecular weight is 310 g/mol. The highest BCUT2D eigenvalue weighted by molar-refractivity contribution is 9.10. The third-order valence-electron chi connectivity index (χ3n) is 2.35. The molecule has 1 aromatic rings. The lowest BCUT2D eigenvalue weighted by atomic mass is 10.1. The number of carbonyl (C=O) groups is 1. The van der Waals surface area contributed by atoms with E-state index in [0.717, 1.165) is 12.1 Å². The van der Waals surface area contributed by atoms with Crippen molar-refractivity contribution in [2.45, 2.75) is 13.1 Å². The molecule has 0 saturated heterocycles. The number of hydrogen-bond donors (Lipinski definition) is 0. The van der Waals surface area contributed by atoms with Gasteiger partial charge < -0.3 is 4.90 Å². The van der Waals surface area contributed by atoms with Gasteiger partial charge in [0.2, 0.25) is 0 Å². The molecule has 17 heavy (non-hydrogen) atoms. The molecule has 0 bridgehead atoms. The highest BCUT2D eigenvalue weighted by Gasteiger charge is 2.31. The van der Waals surface area contributed by atoms with Crippen LogP contribution in [0.3, 0.4) is 0 Å². The Morgan fingerprint density at radius 3 is 2.47 bits per heavy atom. The van der Waals surface area contributed by atoms with Gasteiger partial charge in [-0.05, 0) is 41.1 Å². The Kier molecular flexibility index (Phi) is 4.19. The molecule has 0 aliphatic rings. The minimum Gasteiger partial charge on any atom is -0.342 e. The second-order valence-corrected chi connectivity index (χ2v) is 4.37. The molecular formula is C11H11BrF3NO. The standard InChI is InChI=1S/C11H11BrF3NO/c1-3-16(2)10(17)8-6-7(11(13,14)15)4-5-9(8)12/h4-6H,3H2,1-2H3. The van der Waals surface area contributed by atoms with Gasteiger partial charge in [0.05, 0.1) is 11.1 Å². The maximum Gasteiger partial charge on any atom is 0.416 e. The second kappa shape index (κ2) is 5.08. The zero-order valence-electron chi connectivity index (χ0n) is 9.31. The van der Waals surface area contributed by atoms with E-state index in [1.54, 1.807) is 6.92 Å². The summed E-state index contributed by atoms with van der Waals surface area (Å²) in [6.45, 7) is 2.18. The van der Waals surface area contributed by atoms with Crippen molar-refractivity contribution in [3.63, 3.8) is 0 Å². The van der Waals surface area contributed by atoms with Crippen LogP contribution in [0, 0.1) is 0 Å². The van der Waals surface area contributed by atoms with E-state index in [0.29, 0.717) is 11.0 Å². The first kappa shape index (κ1) is 14.0. The lowest BCUT2D eigenvalue weighted by molar-refractivity contribution is -0.137. The summed E-state index contributed by atoms with van der Waals surface area (Å²) in [6.07, 6.45) is -4.44. The van der Waals surface area contributed by atoms with Gasteiger partial charge in [-0.2, -0.15) is 13.2 Å². The van der Waals surface area contributed by atoms with Crippen molar-refractivity contribution in [3.8, 4) is 0 Å². The molecule has 6 heteroatoms. The summed E-state index contributed by atoms with van der Waals surface area (Å²) in [5, 5.41) is 0. The monoisotopic (exact) mass is 309 g/mol. The largest absolute Gasteiger partial charge is 0.416 e. The molecule has 1 rings (SSSR count). The van der Waals surface area contributed by atoms with Gasteiger partial charge in [-0.25, -0.2) is 0 Å². The zero-order chi connectivity index (χ0) is 13.2. The molecule has 0 saturated carbocycles. The van der Waals surface area contributed by atoms with Gasteiger partial charge in [0.25, 0.3) is 5.91 Å². The summed E-state index contributed by atoms with van der Waals surface area (Å²) in [5.74, 6) is -0.439. The molecule has 0 N–H and O–H groups in total. The summed E-state index contributed by atoms with van der Waals surface area (Å²) < 4.78 is 37.9. The van der Waals surface area contributed by atoms with Crippen LogP contribution in [0.1, 0.15) is 22.8 Å². The number of hydrogen-bond acceptors (Lipinski definition) is 1. The fourth-order valence-corrected chi connectivity index (χ4v) is 1.63. The maximum absolute atomic E-state index is 12.5. The van der Waals surface area contributed by atoms with Gasteiger partial charge in [-0.3, -0.25) is 4.79 Å². The molecule has 0 unspecified atom stereocenters. The molecule has 94 valence electrons. The van der Waals surface area contributed by atoms with Crippen LogP contribution < -0.4 is 0 Å². The number of nitrogens with zero attached hydrogens (tertiary/aromatic N) is 1. The van der Waals surface area contributed by atoms with Crippen LogP contribution >= 0.6 is 15.9 Å². The molecule has 0 aromatic heterocycles. The van der Waals surface area contributed by atoms with E-state index >= 15 is 0 Å². The predicted octanol–water partition coefficient (Wildman–Crippen LogP) is 3.56. The summed E-state index contributed by atoms with van der Waals surface area (Å²) in [6, 6.07) is 3.03. The van der Waals surface area contributed by atoms with Crippen LogP contribution in [0.5, 0.6) is 0 Å². The van der Waals surface area contributed by atoms with Crippen molar-refractivity contribution in [1.82, 2.24) is 4.90 Å². The molecular weight excluding hydrogens is 299 g/mol. The van der Waals surface area contributed by atoms with Crippen molar-refractivity contribution >= 4 is 21.8 Å². The van der Waals surface area contributed by atoms with E-state index in [4.69, 9.17) is 0 Å². The summed E-state index contributed by atoms with van der Waals surface area (Å²) in [5.41, 5.74) is -0.808. The topological polar surface area (TPSA) is 20.3 Å². The third-order valence-corrected chi connectivity index (χ3v) is 3.04. The highest BCUT2D eigenvalue weighted by Crippen LogP contribution is 2.32. The van der Waals surface area contributed by atoms with Crippen LogP contribution in [0.25, 0.3) is 0 Å². The number of carbonyl (C=O) groups excluding carboxylic acids is 1. The van der Waals surface area contributed by atoms with Crippen LogP contribution in [0.4, 0.5) is 13.2 Å². The van der Waals surface area contributed by atoms with E-state index in [9.17, 15) is 18.0 Å². The predicted molar refractivity (Wildman–Crippen MR) is 61.8 cm³/mol. The minimum atomic E-state index is -4.44. The van der Waals surface area contributed by atoms with E-state index in [2.05, 4.69) is 15.9 Å². The Morgan fingerprint density at radius 2 is 2.00 bits per heavy atom. The summed E-state index contributed by atoms with van der Waals surface area (Å²) >= 11 is 3.08. The summed E-state index contributed by atoms with van der Waals surface area (Å²) in [7, 11) is 1.54. The van der Waals surface area contributed by atoms with E-state index in [-0.39, 0.29) is 5.56 Å². The number of benzene rings is 1. The molecule has 0 atom stereocenters. The first-order chi connectivity index (χ1) is 7.77. The molecule has 0 spiro atoms. The lowest BCUT2D eigenvalue weighted by Crippen LogP contribution is -2.26. The Balaban J connectivity index is 3.20. The smallest absolute Gasteiger partial charge is 0.342 e. The second-order valence-electron chi connectivity index (χ2n) is 3.51. The Morgan fingerprint density at radius 1 is 1.41 bits per heavy atom. The molecule has 0 radical (unpaired) electrons. The van der Waals surface area contributed by atoms with Crippen LogP contribution in [-0.4, -0.2) is 24.4 Å². The quantitative estimate of drug-likeness (QED) is 0.818. The molecule has 1 amide bonds. The Bertz CT molecular complexity index is 431. The van der Waals surface area contributed by atoms with E-state index < -0.39 is 17.6 Å². The van der Waals surface area contributed by atoms with Gasteiger partial charge in [0.1, 0.15) is 0 Å². The molecule has 2 nitrogen and oxygen atoms in total. The number of halogens is 4. The van der Waals surface area contributed by atoms with Gasteiger partial charge in [-0.15, -0.1) is 0 Å². The lowest BCUT2D eigenvalue weighted by Gasteiger charge is -2.16. The molecule has 0 fully saturated rings. The van der Waals surface area contributed by atoms with Gasteiger partial charge in [0.15, 0.2) is 0 Å². The van der Waals surface area contributed by atoms with Crippen molar-refractivity contribution in [3.05, 3.63) is 33.8 Å². The molecule has 0 heterocycles. The normalized spacial score (nSPS) is 11.4. The van der Waals surface area contributed by atoms with Crippen molar-refractivity contribution in [2.75, 3.05) is 13.6 Å². The van der Waals surface area contributed by atoms with E-state index in [1.165, 1.54) is 18.0 Å². The summed E-state index contributed by atoms with van der Waals surface area (Å²) in [4.78, 5) is 13.2. The Hall–Kier alpha value is -1.04. The number of alkyl halides is 3. The molecule has 0 aliphatic heterocycles. The Labute approximate surface area is 106 Å². The van der Waals surface area contributed by atoms with Crippen molar-refractivity contribution in [1.29, 1.82) is 0 Å². The fourth-order valence-electron chi connectivity index (χ4n) is 1.21. The number of amides is 1. The van der Waals surface area contributed by atoms with Crippen LogP contribution in [0.2, 0.25) is 0 Å². The maximum atomic E-state index is 12.5. The van der Waals surface area contributed by atoms with Crippen LogP contribution in [-0.2, 0) is 6.18 Å². The highest BCUT2D eigenvalue weighted by atomic mass is 79.9. The van der Waals surface area contributed by atoms with Crippen molar-refractivity contribution < 1.29 is 18.0 Å². The SMILES string of the molecule is CCN(C)C(=O)c1cc(C(F)(F)F)ccc1Br. The minimum absolute atomic E-state index is 0.0178. The first-order valence-electron chi connectivity index (χ1n) is 4.89. The molecule has 0 aliphatic carbocycles. The zero-order valence-corrected chi connectivity index (χ0v) is 10.9. The van der Waals surface area contributed by atoms with Crippen molar-refractivity contribution in [2.24, 2.45) is 0 Å². The van der Waals surface area contributed by atoms with E-state index in [1.807, 2.05) is 0 Å².